The Balaban J connectivity index is 2.22. The van der Waals surface area contributed by atoms with Gasteiger partial charge in [0.1, 0.15) is 5.75 Å². The number of rotatable bonds is 5. The minimum absolute atomic E-state index is 0.0351. The molecule has 0 bridgehead atoms. The summed E-state index contributed by atoms with van der Waals surface area (Å²) >= 11 is 0. The van der Waals surface area contributed by atoms with Gasteiger partial charge in [0.2, 0.25) is 5.91 Å². The molecule has 3 N–H and O–H groups in total. The molecule has 2 aromatic rings. The molecule has 114 valence electrons. The number of anilines is 1. The molecule has 0 aliphatic rings. The molecule has 0 aromatic heterocycles. The molecule has 2 amide bonds. The highest BCUT2D eigenvalue weighted by atomic mass is 16.5. The van der Waals surface area contributed by atoms with Crippen molar-refractivity contribution in [1.82, 2.24) is 0 Å². The molecule has 0 aliphatic carbocycles. The fourth-order valence-corrected chi connectivity index (χ4v) is 1.96. The number of carbonyl (C=O) groups excluding carboxylic acids is 2. The molecule has 0 heterocycles. The fourth-order valence-electron chi connectivity index (χ4n) is 1.96. The van der Waals surface area contributed by atoms with E-state index < -0.39 is 5.91 Å². The molecule has 0 atom stereocenters. The topological polar surface area (TPSA) is 81.4 Å². The standard InChI is InChI=1S/C17H18N2O3/c1-11(2)22-15-9-4-3-8-14(15)17(21)19-13-7-5-6-12(10-13)16(18)20/h3-11H,1-2H3,(H2,18,20)(H,19,21). The first-order chi connectivity index (χ1) is 10.5. The third kappa shape index (κ3) is 3.85. The van der Waals surface area contributed by atoms with Gasteiger partial charge in [-0.3, -0.25) is 9.59 Å². The van der Waals surface area contributed by atoms with Crippen LogP contribution in [0.1, 0.15) is 34.6 Å². The second kappa shape index (κ2) is 6.76. The molecule has 0 radical (unpaired) electrons. The van der Waals surface area contributed by atoms with Gasteiger partial charge >= 0.3 is 0 Å². The van der Waals surface area contributed by atoms with Gasteiger partial charge in [0.05, 0.1) is 11.7 Å². The SMILES string of the molecule is CC(C)Oc1ccccc1C(=O)Nc1cccc(C(N)=O)c1. The number of para-hydroxylation sites is 1. The summed E-state index contributed by atoms with van der Waals surface area (Å²) in [6, 6.07) is 13.5. The van der Waals surface area contributed by atoms with Crippen molar-refractivity contribution in [2.24, 2.45) is 5.73 Å². The number of ether oxygens (including phenoxy) is 1. The summed E-state index contributed by atoms with van der Waals surface area (Å²) in [7, 11) is 0. The second-order valence-electron chi connectivity index (χ2n) is 5.06. The van der Waals surface area contributed by atoms with E-state index in [0.717, 1.165) is 0 Å². The molecule has 0 saturated carbocycles. The maximum absolute atomic E-state index is 12.4. The second-order valence-corrected chi connectivity index (χ2v) is 5.06. The average Bonchev–Trinajstić information content (AvgIpc) is 2.47. The Bertz CT molecular complexity index is 696. The molecular formula is C17H18N2O3. The number of benzene rings is 2. The first-order valence-corrected chi connectivity index (χ1v) is 6.94. The molecule has 2 aromatic carbocycles. The van der Waals surface area contributed by atoms with E-state index in [1.54, 1.807) is 36.4 Å². The van der Waals surface area contributed by atoms with E-state index in [1.165, 1.54) is 6.07 Å². The van der Waals surface area contributed by atoms with Crippen molar-refractivity contribution in [3.05, 3.63) is 59.7 Å². The Hall–Kier alpha value is -2.82. The van der Waals surface area contributed by atoms with Crippen molar-refractivity contribution in [3.63, 3.8) is 0 Å². The van der Waals surface area contributed by atoms with Crippen molar-refractivity contribution in [2.45, 2.75) is 20.0 Å². The van der Waals surface area contributed by atoms with Gasteiger partial charge in [-0.25, -0.2) is 0 Å². The summed E-state index contributed by atoms with van der Waals surface area (Å²) in [5.74, 6) is -0.335. The van der Waals surface area contributed by atoms with Crippen LogP contribution in [0.15, 0.2) is 48.5 Å². The molecule has 0 unspecified atom stereocenters. The van der Waals surface area contributed by atoms with Crippen LogP contribution in [0, 0.1) is 0 Å². The summed E-state index contributed by atoms with van der Waals surface area (Å²) in [6.45, 7) is 3.79. The van der Waals surface area contributed by atoms with Gasteiger partial charge in [0.15, 0.2) is 0 Å². The van der Waals surface area contributed by atoms with Crippen LogP contribution >= 0.6 is 0 Å². The Morgan fingerprint density at radius 1 is 1.09 bits per heavy atom. The molecule has 5 nitrogen and oxygen atoms in total. The van der Waals surface area contributed by atoms with Crippen LogP contribution in [0.5, 0.6) is 5.75 Å². The number of carbonyl (C=O) groups is 2. The Morgan fingerprint density at radius 3 is 2.50 bits per heavy atom. The molecule has 0 aliphatic heterocycles. The van der Waals surface area contributed by atoms with Crippen LogP contribution in [0.25, 0.3) is 0 Å². The highest BCUT2D eigenvalue weighted by molar-refractivity contribution is 6.06. The first kappa shape index (κ1) is 15.6. The van der Waals surface area contributed by atoms with Crippen LogP contribution in [-0.2, 0) is 0 Å². The van der Waals surface area contributed by atoms with Crippen molar-refractivity contribution < 1.29 is 14.3 Å². The van der Waals surface area contributed by atoms with E-state index in [4.69, 9.17) is 10.5 Å². The summed E-state index contributed by atoms with van der Waals surface area (Å²) in [5, 5.41) is 2.74. The van der Waals surface area contributed by atoms with E-state index in [0.29, 0.717) is 22.6 Å². The number of primary amides is 1. The average molecular weight is 298 g/mol. The van der Waals surface area contributed by atoms with Gasteiger partial charge in [-0.15, -0.1) is 0 Å². The zero-order valence-corrected chi connectivity index (χ0v) is 12.5. The van der Waals surface area contributed by atoms with Gasteiger partial charge in [-0.1, -0.05) is 18.2 Å². The van der Waals surface area contributed by atoms with Crippen molar-refractivity contribution in [3.8, 4) is 5.75 Å². The molecule has 2 rings (SSSR count). The van der Waals surface area contributed by atoms with Crippen molar-refractivity contribution >= 4 is 17.5 Å². The number of hydrogen-bond acceptors (Lipinski definition) is 3. The minimum atomic E-state index is -0.542. The van der Waals surface area contributed by atoms with Crippen molar-refractivity contribution in [2.75, 3.05) is 5.32 Å². The van der Waals surface area contributed by atoms with E-state index in [9.17, 15) is 9.59 Å². The van der Waals surface area contributed by atoms with E-state index >= 15 is 0 Å². The molecular weight excluding hydrogens is 280 g/mol. The number of hydrogen-bond donors (Lipinski definition) is 2. The Labute approximate surface area is 129 Å². The lowest BCUT2D eigenvalue weighted by Crippen LogP contribution is -2.16. The molecule has 5 heteroatoms. The number of amides is 2. The van der Waals surface area contributed by atoms with E-state index in [-0.39, 0.29) is 12.0 Å². The highest BCUT2D eigenvalue weighted by Crippen LogP contribution is 2.21. The summed E-state index contributed by atoms with van der Waals surface area (Å²) in [5.41, 5.74) is 6.50. The highest BCUT2D eigenvalue weighted by Gasteiger charge is 2.13. The van der Waals surface area contributed by atoms with E-state index in [2.05, 4.69) is 5.32 Å². The predicted molar refractivity (Wildman–Crippen MR) is 85.1 cm³/mol. The molecule has 0 fully saturated rings. The summed E-state index contributed by atoms with van der Waals surface area (Å²) < 4.78 is 5.63. The fraction of sp³-hybridized carbons (Fsp3) is 0.176. The lowest BCUT2D eigenvalue weighted by Gasteiger charge is -2.14. The quantitative estimate of drug-likeness (QED) is 0.890. The van der Waals surface area contributed by atoms with Gasteiger partial charge < -0.3 is 15.8 Å². The Kier molecular flexibility index (Phi) is 4.78. The summed E-state index contributed by atoms with van der Waals surface area (Å²) in [4.78, 5) is 23.6. The Morgan fingerprint density at radius 2 is 1.82 bits per heavy atom. The van der Waals surface area contributed by atoms with Crippen LogP contribution in [0.2, 0.25) is 0 Å². The zero-order valence-electron chi connectivity index (χ0n) is 12.5. The number of nitrogens with two attached hydrogens (primary N) is 1. The monoisotopic (exact) mass is 298 g/mol. The lowest BCUT2D eigenvalue weighted by molar-refractivity contribution is 0.0995. The van der Waals surface area contributed by atoms with Gasteiger partial charge in [0.25, 0.3) is 5.91 Å². The van der Waals surface area contributed by atoms with Gasteiger partial charge in [-0.2, -0.15) is 0 Å². The summed E-state index contributed by atoms with van der Waals surface area (Å²) in [6.07, 6.45) is -0.0351. The van der Waals surface area contributed by atoms with E-state index in [1.807, 2.05) is 19.9 Å². The zero-order chi connectivity index (χ0) is 16.1. The van der Waals surface area contributed by atoms with Crippen LogP contribution in [-0.4, -0.2) is 17.9 Å². The van der Waals surface area contributed by atoms with Crippen LogP contribution < -0.4 is 15.8 Å². The van der Waals surface area contributed by atoms with Crippen molar-refractivity contribution in [1.29, 1.82) is 0 Å². The first-order valence-electron chi connectivity index (χ1n) is 6.94. The lowest BCUT2D eigenvalue weighted by atomic mass is 10.1. The largest absolute Gasteiger partial charge is 0.490 e. The normalized spacial score (nSPS) is 10.3. The van der Waals surface area contributed by atoms with Crippen LogP contribution in [0.4, 0.5) is 5.69 Å². The smallest absolute Gasteiger partial charge is 0.259 e. The minimum Gasteiger partial charge on any atom is -0.490 e. The van der Waals surface area contributed by atoms with Gasteiger partial charge in [0, 0.05) is 11.3 Å². The third-order valence-electron chi connectivity index (χ3n) is 2.90. The molecule has 0 saturated heterocycles. The maximum atomic E-state index is 12.4. The predicted octanol–water partition coefficient (Wildman–Crippen LogP) is 2.83. The molecule has 0 spiro atoms. The number of nitrogens with one attached hydrogen (secondary N) is 1. The third-order valence-corrected chi connectivity index (χ3v) is 2.90. The van der Waals surface area contributed by atoms with Gasteiger partial charge in [-0.05, 0) is 44.2 Å². The van der Waals surface area contributed by atoms with Crippen LogP contribution in [0.3, 0.4) is 0 Å². The maximum Gasteiger partial charge on any atom is 0.259 e. The molecule has 22 heavy (non-hydrogen) atoms.